The van der Waals surface area contributed by atoms with Crippen LogP contribution < -0.4 is 9.47 Å². The number of benzene rings is 2. The summed E-state index contributed by atoms with van der Waals surface area (Å²) >= 11 is 0. The van der Waals surface area contributed by atoms with Crippen LogP contribution in [0.15, 0.2) is 45.8 Å². The van der Waals surface area contributed by atoms with Gasteiger partial charge in [0.25, 0.3) is 0 Å². The van der Waals surface area contributed by atoms with Gasteiger partial charge in [0.15, 0.2) is 17.3 Å². The van der Waals surface area contributed by atoms with Crippen LogP contribution in [0.5, 0.6) is 11.5 Å². The molecule has 2 unspecified atom stereocenters. The van der Waals surface area contributed by atoms with Gasteiger partial charge in [0, 0.05) is 22.4 Å². The van der Waals surface area contributed by atoms with E-state index < -0.39 is 0 Å². The first-order chi connectivity index (χ1) is 13.7. The summed E-state index contributed by atoms with van der Waals surface area (Å²) in [6.07, 6.45) is 4.79. The van der Waals surface area contributed by atoms with Crippen LogP contribution in [0.2, 0.25) is 0 Å². The molecular weight excluding hydrogens is 350 g/mol. The minimum Gasteiger partial charge on any atom is -0.493 e. The van der Waals surface area contributed by atoms with Gasteiger partial charge in [0.1, 0.15) is 11.3 Å². The van der Waals surface area contributed by atoms with Crippen LogP contribution in [-0.4, -0.2) is 26.0 Å². The van der Waals surface area contributed by atoms with Crippen LogP contribution in [-0.2, 0) is 0 Å². The standard InChI is InChI=1S/C24H25NO3/c1-14-15-8-5-7-11-20(15)28-24(14)23-18-13-22(27-3)21(26-2)12-17(18)16-9-4-6-10-19(16)25-23/h5,7-8,11-13,16,19H,4,6,9-10H2,1-3H3. The summed E-state index contributed by atoms with van der Waals surface area (Å²) in [4.78, 5) is 5.23. The van der Waals surface area contributed by atoms with Crippen molar-refractivity contribution in [2.75, 3.05) is 14.2 Å². The normalized spacial score (nSPS) is 21.0. The number of para-hydroxylation sites is 1. The van der Waals surface area contributed by atoms with E-state index in [0.717, 1.165) is 51.5 Å². The fourth-order valence-corrected chi connectivity index (χ4v) is 4.85. The van der Waals surface area contributed by atoms with Crippen molar-refractivity contribution in [2.24, 2.45) is 4.99 Å². The minimum absolute atomic E-state index is 0.307. The molecule has 0 bridgehead atoms. The van der Waals surface area contributed by atoms with Gasteiger partial charge < -0.3 is 13.9 Å². The Labute approximate surface area is 165 Å². The lowest BCUT2D eigenvalue weighted by Gasteiger charge is -2.35. The molecule has 5 rings (SSSR count). The second-order valence-electron chi connectivity index (χ2n) is 7.78. The first kappa shape index (κ1) is 17.4. The van der Waals surface area contributed by atoms with Crippen molar-refractivity contribution in [1.82, 2.24) is 0 Å². The molecule has 0 spiro atoms. The van der Waals surface area contributed by atoms with E-state index in [1.807, 2.05) is 12.1 Å². The fraction of sp³-hybridized carbons (Fsp3) is 0.375. The number of hydrogen-bond donors (Lipinski definition) is 0. The number of hydrogen-bond acceptors (Lipinski definition) is 4. The second kappa shape index (κ2) is 6.69. The zero-order chi connectivity index (χ0) is 19.3. The Morgan fingerprint density at radius 3 is 2.54 bits per heavy atom. The zero-order valence-electron chi connectivity index (χ0n) is 16.6. The first-order valence-electron chi connectivity index (χ1n) is 10.0. The van der Waals surface area contributed by atoms with E-state index in [-0.39, 0.29) is 0 Å². The summed E-state index contributed by atoms with van der Waals surface area (Å²) in [6.45, 7) is 2.12. The van der Waals surface area contributed by atoms with Gasteiger partial charge in [-0.15, -0.1) is 0 Å². The van der Waals surface area contributed by atoms with E-state index in [9.17, 15) is 0 Å². The van der Waals surface area contributed by atoms with Gasteiger partial charge in [0.2, 0.25) is 0 Å². The molecule has 4 nitrogen and oxygen atoms in total. The molecule has 4 heteroatoms. The van der Waals surface area contributed by atoms with Crippen molar-refractivity contribution in [3.05, 3.63) is 58.8 Å². The smallest absolute Gasteiger partial charge is 0.161 e. The van der Waals surface area contributed by atoms with Crippen molar-refractivity contribution < 1.29 is 13.9 Å². The topological polar surface area (TPSA) is 44.0 Å². The maximum absolute atomic E-state index is 6.30. The van der Waals surface area contributed by atoms with Gasteiger partial charge in [-0.05, 0) is 43.5 Å². The lowest BCUT2D eigenvalue weighted by atomic mass is 9.75. The number of methoxy groups -OCH3 is 2. The molecule has 28 heavy (non-hydrogen) atoms. The third kappa shape index (κ3) is 2.55. The average Bonchev–Trinajstić information content (AvgIpc) is 3.08. The summed E-state index contributed by atoms with van der Waals surface area (Å²) in [5, 5.41) is 1.15. The number of rotatable bonds is 3. The quantitative estimate of drug-likeness (QED) is 0.595. The summed E-state index contributed by atoms with van der Waals surface area (Å²) in [5.74, 6) is 2.83. The minimum atomic E-state index is 0.307. The van der Waals surface area contributed by atoms with E-state index in [4.69, 9.17) is 18.9 Å². The van der Waals surface area contributed by atoms with Crippen molar-refractivity contribution in [2.45, 2.75) is 44.6 Å². The molecule has 1 aliphatic heterocycles. The highest BCUT2D eigenvalue weighted by Gasteiger charge is 2.36. The Kier molecular flexibility index (Phi) is 4.15. The van der Waals surface area contributed by atoms with E-state index in [1.165, 1.54) is 24.8 Å². The third-order valence-electron chi connectivity index (χ3n) is 6.29. The van der Waals surface area contributed by atoms with Crippen LogP contribution >= 0.6 is 0 Å². The molecule has 1 saturated carbocycles. The van der Waals surface area contributed by atoms with E-state index in [0.29, 0.717) is 12.0 Å². The van der Waals surface area contributed by atoms with Crippen molar-refractivity contribution in [3.63, 3.8) is 0 Å². The second-order valence-corrected chi connectivity index (χ2v) is 7.78. The number of ether oxygens (including phenoxy) is 2. The largest absolute Gasteiger partial charge is 0.493 e. The molecule has 1 aromatic heterocycles. The van der Waals surface area contributed by atoms with Crippen molar-refractivity contribution >= 4 is 16.7 Å². The molecule has 0 saturated heterocycles. The average molecular weight is 375 g/mol. The van der Waals surface area contributed by atoms with Gasteiger partial charge in [-0.1, -0.05) is 31.0 Å². The molecule has 2 atom stereocenters. The van der Waals surface area contributed by atoms with Gasteiger partial charge in [0.05, 0.1) is 20.3 Å². The lowest BCUT2D eigenvalue weighted by molar-refractivity contribution is 0.349. The number of furan rings is 1. The number of aliphatic imine (C=N–C) groups is 1. The van der Waals surface area contributed by atoms with Crippen LogP contribution in [0.3, 0.4) is 0 Å². The Balaban J connectivity index is 1.75. The molecule has 144 valence electrons. The van der Waals surface area contributed by atoms with Gasteiger partial charge in [-0.3, -0.25) is 4.99 Å². The van der Waals surface area contributed by atoms with Crippen LogP contribution in [0.1, 0.15) is 54.1 Å². The summed E-state index contributed by atoms with van der Waals surface area (Å²) in [5.41, 5.74) is 5.43. The van der Waals surface area contributed by atoms with E-state index in [2.05, 4.69) is 31.2 Å². The highest BCUT2D eigenvalue weighted by Crippen LogP contribution is 2.45. The monoisotopic (exact) mass is 375 g/mol. The molecule has 2 aromatic carbocycles. The number of nitrogens with zero attached hydrogens (tertiary/aromatic N) is 1. The van der Waals surface area contributed by atoms with Crippen LogP contribution in [0.25, 0.3) is 11.0 Å². The SMILES string of the molecule is COc1cc2c(cc1OC)C1CCCCC1N=C2c1oc2ccccc2c1C. The molecule has 1 fully saturated rings. The van der Waals surface area contributed by atoms with Crippen molar-refractivity contribution in [3.8, 4) is 11.5 Å². The molecule has 3 aromatic rings. The highest BCUT2D eigenvalue weighted by molar-refractivity contribution is 6.16. The molecule has 0 N–H and O–H groups in total. The fourth-order valence-electron chi connectivity index (χ4n) is 4.85. The van der Waals surface area contributed by atoms with E-state index in [1.54, 1.807) is 14.2 Å². The van der Waals surface area contributed by atoms with Gasteiger partial charge in [-0.2, -0.15) is 0 Å². The number of aryl methyl sites for hydroxylation is 1. The molecule has 1 aliphatic carbocycles. The van der Waals surface area contributed by atoms with Crippen LogP contribution in [0.4, 0.5) is 0 Å². The van der Waals surface area contributed by atoms with Crippen LogP contribution in [0, 0.1) is 6.92 Å². The summed E-state index contributed by atoms with van der Waals surface area (Å²) < 4.78 is 17.5. The Bertz CT molecular complexity index is 1080. The van der Waals surface area contributed by atoms with Crippen molar-refractivity contribution in [1.29, 1.82) is 0 Å². The maximum atomic E-state index is 6.30. The van der Waals surface area contributed by atoms with Gasteiger partial charge >= 0.3 is 0 Å². The molecule has 0 radical (unpaired) electrons. The lowest BCUT2D eigenvalue weighted by Crippen LogP contribution is -2.29. The molecule has 0 amide bonds. The Morgan fingerprint density at radius 2 is 1.75 bits per heavy atom. The first-order valence-corrected chi connectivity index (χ1v) is 10.0. The Hall–Kier alpha value is -2.75. The third-order valence-corrected chi connectivity index (χ3v) is 6.29. The highest BCUT2D eigenvalue weighted by atomic mass is 16.5. The number of fused-ring (bicyclic) bond motifs is 4. The Morgan fingerprint density at radius 1 is 1.00 bits per heavy atom. The molecular formula is C24H25NO3. The molecule has 2 aliphatic rings. The summed E-state index contributed by atoms with van der Waals surface area (Å²) in [7, 11) is 3.38. The predicted octanol–water partition coefficient (Wildman–Crippen LogP) is 5.64. The summed E-state index contributed by atoms with van der Waals surface area (Å²) in [6, 6.07) is 12.7. The predicted molar refractivity (Wildman–Crippen MR) is 111 cm³/mol. The molecule has 2 heterocycles. The maximum Gasteiger partial charge on any atom is 0.161 e. The van der Waals surface area contributed by atoms with E-state index >= 15 is 0 Å². The van der Waals surface area contributed by atoms with Gasteiger partial charge in [-0.25, -0.2) is 0 Å². The zero-order valence-corrected chi connectivity index (χ0v) is 16.6.